The number of aryl methyl sites for hydroxylation is 1. The molecule has 1 aromatic rings. The Labute approximate surface area is 96.5 Å². The Morgan fingerprint density at radius 1 is 1.62 bits per heavy atom. The lowest BCUT2D eigenvalue weighted by Gasteiger charge is -2.04. The normalized spacial score (nSPS) is 12.2. The van der Waals surface area contributed by atoms with Gasteiger partial charge in [-0.05, 0) is 13.8 Å². The van der Waals surface area contributed by atoms with Crippen LogP contribution in [-0.2, 0) is 11.3 Å². The molecule has 0 aliphatic rings. The highest BCUT2D eigenvalue weighted by Crippen LogP contribution is 2.17. The molecule has 7 heteroatoms. The van der Waals surface area contributed by atoms with Crippen LogP contribution in [0.15, 0.2) is 0 Å². The molecular formula is C9H13N3O3S. The summed E-state index contributed by atoms with van der Waals surface area (Å²) in [4.78, 5) is 26.2. The number of nitrogens with one attached hydrogen (secondary N) is 1. The van der Waals surface area contributed by atoms with Gasteiger partial charge in [-0.1, -0.05) is 0 Å². The van der Waals surface area contributed by atoms with Gasteiger partial charge in [-0.15, -0.1) is 11.3 Å². The van der Waals surface area contributed by atoms with Crippen molar-refractivity contribution in [1.82, 2.24) is 10.3 Å². The van der Waals surface area contributed by atoms with E-state index in [0.717, 1.165) is 11.3 Å². The number of carbonyl (C=O) groups excluding carboxylic acids is 1. The molecule has 0 aliphatic heterocycles. The van der Waals surface area contributed by atoms with Crippen LogP contribution in [0, 0.1) is 6.92 Å². The van der Waals surface area contributed by atoms with Crippen LogP contribution in [0.1, 0.15) is 27.3 Å². The Morgan fingerprint density at radius 2 is 2.25 bits per heavy atom. The molecule has 1 unspecified atom stereocenters. The Hall–Kier alpha value is -1.47. The lowest BCUT2D eigenvalue weighted by molar-refractivity contribution is -0.122. The molecule has 1 rings (SSSR count). The van der Waals surface area contributed by atoms with Gasteiger partial charge in [-0.25, -0.2) is 9.78 Å². The Bertz CT molecular complexity index is 414. The van der Waals surface area contributed by atoms with Crippen LogP contribution in [0.5, 0.6) is 0 Å². The second-order valence-electron chi connectivity index (χ2n) is 3.33. The Morgan fingerprint density at radius 3 is 2.69 bits per heavy atom. The number of carbonyl (C=O) groups is 2. The molecule has 4 N–H and O–H groups in total. The largest absolute Gasteiger partial charge is 0.477 e. The summed E-state index contributed by atoms with van der Waals surface area (Å²) in [5.41, 5.74) is 5.82. The van der Waals surface area contributed by atoms with Crippen molar-refractivity contribution in [2.45, 2.75) is 26.4 Å². The molecule has 1 atom stereocenters. The number of carboxylic acids is 1. The van der Waals surface area contributed by atoms with E-state index in [0.29, 0.717) is 10.7 Å². The number of carboxylic acid groups (broad SMARTS) is 1. The van der Waals surface area contributed by atoms with E-state index in [1.54, 1.807) is 13.8 Å². The number of hydrogen-bond acceptors (Lipinski definition) is 5. The van der Waals surface area contributed by atoms with E-state index in [1.165, 1.54) is 0 Å². The summed E-state index contributed by atoms with van der Waals surface area (Å²) in [5, 5.41) is 11.9. The second kappa shape index (κ2) is 5.04. The van der Waals surface area contributed by atoms with Crippen molar-refractivity contribution in [1.29, 1.82) is 0 Å². The van der Waals surface area contributed by atoms with Crippen molar-refractivity contribution in [2.75, 3.05) is 0 Å². The first-order chi connectivity index (χ1) is 7.41. The fourth-order valence-electron chi connectivity index (χ4n) is 1.05. The van der Waals surface area contributed by atoms with Crippen molar-refractivity contribution in [3.8, 4) is 0 Å². The zero-order chi connectivity index (χ0) is 12.3. The average Bonchev–Trinajstić information content (AvgIpc) is 2.56. The van der Waals surface area contributed by atoms with E-state index in [9.17, 15) is 9.59 Å². The molecule has 0 fully saturated rings. The number of aromatic carboxylic acids is 1. The number of rotatable bonds is 4. The molecule has 0 aliphatic carbocycles. The van der Waals surface area contributed by atoms with Gasteiger partial charge in [-0.3, -0.25) is 4.79 Å². The van der Waals surface area contributed by atoms with Gasteiger partial charge in [0.25, 0.3) is 0 Å². The third-order valence-corrected chi connectivity index (χ3v) is 3.01. The molecule has 0 saturated heterocycles. The quantitative estimate of drug-likeness (QED) is 0.696. The third-order valence-electron chi connectivity index (χ3n) is 1.86. The van der Waals surface area contributed by atoms with Crippen molar-refractivity contribution in [3.05, 3.63) is 15.6 Å². The number of thiazole rings is 1. The summed E-state index contributed by atoms with van der Waals surface area (Å²) in [7, 11) is 0. The molecule has 16 heavy (non-hydrogen) atoms. The van der Waals surface area contributed by atoms with Crippen LogP contribution in [-0.4, -0.2) is 28.0 Å². The fraction of sp³-hybridized carbons (Fsp3) is 0.444. The standard InChI is InChI=1S/C9H13N3O3S/c1-4(10)8(13)11-3-6-12-5(2)7(16-6)9(14)15/h4H,3,10H2,1-2H3,(H,11,13)(H,14,15). The fourth-order valence-corrected chi connectivity index (χ4v) is 1.89. The number of nitrogens with zero attached hydrogens (tertiary/aromatic N) is 1. The predicted molar refractivity (Wildman–Crippen MR) is 59.3 cm³/mol. The number of amides is 1. The molecule has 0 spiro atoms. The molecule has 6 nitrogen and oxygen atoms in total. The average molecular weight is 243 g/mol. The van der Waals surface area contributed by atoms with Crippen molar-refractivity contribution < 1.29 is 14.7 Å². The van der Waals surface area contributed by atoms with Crippen molar-refractivity contribution in [3.63, 3.8) is 0 Å². The van der Waals surface area contributed by atoms with Crippen LogP contribution in [0.4, 0.5) is 0 Å². The van der Waals surface area contributed by atoms with E-state index in [-0.39, 0.29) is 17.3 Å². The van der Waals surface area contributed by atoms with Gasteiger partial charge >= 0.3 is 5.97 Å². The van der Waals surface area contributed by atoms with Gasteiger partial charge in [0.1, 0.15) is 9.88 Å². The van der Waals surface area contributed by atoms with Gasteiger partial charge in [0.05, 0.1) is 18.3 Å². The van der Waals surface area contributed by atoms with Gasteiger partial charge in [0, 0.05) is 0 Å². The molecule has 1 heterocycles. The predicted octanol–water partition coefficient (Wildman–Crippen LogP) is 0.113. The smallest absolute Gasteiger partial charge is 0.347 e. The van der Waals surface area contributed by atoms with Crippen LogP contribution < -0.4 is 11.1 Å². The van der Waals surface area contributed by atoms with Crippen LogP contribution >= 0.6 is 11.3 Å². The first kappa shape index (κ1) is 12.6. The number of aromatic nitrogens is 1. The summed E-state index contributed by atoms with van der Waals surface area (Å²) in [6.45, 7) is 3.40. The summed E-state index contributed by atoms with van der Waals surface area (Å²) >= 11 is 1.06. The van der Waals surface area contributed by atoms with Crippen LogP contribution in [0.2, 0.25) is 0 Å². The maximum atomic E-state index is 11.2. The first-order valence-corrected chi connectivity index (χ1v) is 5.46. The Balaban J connectivity index is 2.65. The van der Waals surface area contributed by atoms with Gasteiger partial charge < -0.3 is 16.2 Å². The SMILES string of the molecule is Cc1nc(CNC(=O)C(C)N)sc1C(=O)O. The zero-order valence-electron chi connectivity index (χ0n) is 8.98. The van der Waals surface area contributed by atoms with E-state index in [1.807, 2.05) is 0 Å². The summed E-state index contributed by atoms with van der Waals surface area (Å²) in [5.74, 6) is -1.29. The number of nitrogens with two attached hydrogens (primary N) is 1. The molecular weight excluding hydrogens is 230 g/mol. The molecule has 0 radical (unpaired) electrons. The summed E-state index contributed by atoms with van der Waals surface area (Å²) in [6.07, 6.45) is 0. The lowest BCUT2D eigenvalue weighted by atomic mass is 10.3. The van der Waals surface area contributed by atoms with Crippen molar-refractivity contribution in [2.24, 2.45) is 5.73 Å². The van der Waals surface area contributed by atoms with E-state index >= 15 is 0 Å². The molecule has 1 amide bonds. The minimum atomic E-state index is -1.00. The van der Waals surface area contributed by atoms with Gasteiger partial charge in [-0.2, -0.15) is 0 Å². The number of hydrogen-bond donors (Lipinski definition) is 3. The Kier molecular flexibility index (Phi) is 3.97. The van der Waals surface area contributed by atoms with Crippen molar-refractivity contribution >= 4 is 23.2 Å². The van der Waals surface area contributed by atoms with Crippen LogP contribution in [0.3, 0.4) is 0 Å². The van der Waals surface area contributed by atoms with E-state index in [2.05, 4.69) is 10.3 Å². The topological polar surface area (TPSA) is 105 Å². The van der Waals surface area contributed by atoms with Gasteiger partial charge in [0.15, 0.2) is 0 Å². The molecule has 88 valence electrons. The van der Waals surface area contributed by atoms with E-state index in [4.69, 9.17) is 10.8 Å². The lowest BCUT2D eigenvalue weighted by Crippen LogP contribution is -2.37. The highest BCUT2D eigenvalue weighted by Gasteiger charge is 2.14. The zero-order valence-corrected chi connectivity index (χ0v) is 9.80. The first-order valence-electron chi connectivity index (χ1n) is 4.64. The highest BCUT2D eigenvalue weighted by atomic mass is 32.1. The van der Waals surface area contributed by atoms with Gasteiger partial charge in [0.2, 0.25) is 5.91 Å². The molecule has 0 saturated carbocycles. The molecule has 1 aromatic heterocycles. The minimum Gasteiger partial charge on any atom is -0.477 e. The molecule has 0 bridgehead atoms. The second-order valence-corrected chi connectivity index (χ2v) is 4.42. The summed E-state index contributed by atoms with van der Waals surface area (Å²) in [6, 6.07) is -0.583. The highest BCUT2D eigenvalue weighted by molar-refractivity contribution is 7.13. The van der Waals surface area contributed by atoms with Crippen LogP contribution in [0.25, 0.3) is 0 Å². The van der Waals surface area contributed by atoms with E-state index < -0.39 is 12.0 Å². The molecule has 0 aromatic carbocycles. The monoisotopic (exact) mass is 243 g/mol. The third kappa shape index (κ3) is 3.01. The minimum absolute atomic E-state index is 0.199. The maximum absolute atomic E-state index is 11.2. The maximum Gasteiger partial charge on any atom is 0.347 e. The summed E-state index contributed by atoms with van der Waals surface area (Å²) < 4.78 is 0.